The predicted octanol–water partition coefficient (Wildman–Crippen LogP) is 1.69. The van der Waals surface area contributed by atoms with E-state index < -0.39 is 21.8 Å². The van der Waals surface area contributed by atoms with E-state index in [1.165, 1.54) is 19.2 Å². The zero-order valence-corrected chi connectivity index (χ0v) is 11.2. The fourth-order valence-corrected chi connectivity index (χ4v) is 2.29. The number of methoxy groups -OCH3 is 1. The lowest BCUT2D eigenvalue weighted by Crippen LogP contribution is -2.06. The van der Waals surface area contributed by atoms with Gasteiger partial charge in [0.2, 0.25) is 0 Å². The van der Waals surface area contributed by atoms with Gasteiger partial charge in [-0.25, -0.2) is 12.8 Å². The van der Waals surface area contributed by atoms with Crippen molar-refractivity contribution in [3.8, 4) is 5.75 Å². The van der Waals surface area contributed by atoms with E-state index >= 15 is 0 Å². The summed E-state index contributed by atoms with van der Waals surface area (Å²) in [6.07, 6.45) is 0.894. The van der Waals surface area contributed by atoms with Gasteiger partial charge < -0.3 is 9.84 Å². The lowest BCUT2D eigenvalue weighted by Gasteiger charge is -2.11. The molecule has 6 heteroatoms. The van der Waals surface area contributed by atoms with E-state index in [2.05, 4.69) is 0 Å². The second kappa shape index (κ2) is 6.15. The molecule has 1 rings (SSSR count). The largest absolute Gasteiger partial charge is 0.494 e. The van der Waals surface area contributed by atoms with Gasteiger partial charge >= 0.3 is 0 Å². The summed E-state index contributed by atoms with van der Waals surface area (Å²) in [6.45, 7) is 0. The minimum atomic E-state index is -3.03. The highest BCUT2D eigenvalue weighted by atomic mass is 32.2. The number of halogens is 1. The van der Waals surface area contributed by atoms with E-state index in [9.17, 15) is 17.9 Å². The number of sulfone groups is 1. The number of hydrogen-bond acceptors (Lipinski definition) is 4. The van der Waals surface area contributed by atoms with Crippen LogP contribution in [0.5, 0.6) is 5.75 Å². The average Bonchev–Trinajstić information content (AvgIpc) is 2.27. The zero-order chi connectivity index (χ0) is 13.8. The Morgan fingerprint density at radius 2 is 2.11 bits per heavy atom. The Balaban J connectivity index is 2.62. The monoisotopic (exact) mass is 276 g/mol. The summed E-state index contributed by atoms with van der Waals surface area (Å²) in [6, 6.07) is 4.20. The molecule has 0 aliphatic rings. The SMILES string of the molecule is COc1ccc(C(O)CCCS(C)(=O)=O)cc1F. The van der Waals surface area contributed by atoms with Crippen LogP contribution in [0, 0.1) is 5.82 Å². The van der Waals surface area contributed by atoms with E-state index in [1.54, 1.807) is 6.07 Å². The molecule has 18 heavy (non-hydrogen) atoms. The first-order valence-corrected chi connectivity index (χ1v) is 7.59. The summed E-state index contributed by atoms with van der Waals surface area (Å²) < 4.78 is 40.0. The highest BCUT2D eigenvalue weighted by Crippen LogP contribution is 2.24. The maximum atomic E-state index is 13.4. The van der Waals surface area contributed by atoms with Crippen LogP contribution in [0.3, 0.4) is 0 Å². The summed E-state index contributed by atoms with van der Waals surface area (Å²) in [7, 11) is -1.66. The van der Waals surface area contributed by atoms with Crippen molar-refractivity contribution in [3.63, 3.8) is 0 Å². The molecule has 0 fully saturated rings. The molecule has 1 aromatic carbocycles. The average molecular weight is 276 g/mol. The number of rotatable bonds is 6. The summed E-state index contributed by atoms with van der Waals surface area (Å²) in [5.74, 6) is -0.415. The molecule has 0 aliphatic carbocycles. The number of aliphatic hydroxyl groups is 1. The molecule has 0 amide bonds. The molecule has 0 saturated carbocycles. The summed E-state index contributed by atoms with van der Waals surface area (Å²) in [4.78, 5) is 0. The maximum absolute atomic E-state index is 13.4. The van der Waals surface area contributed by atoms with Gasteiger partial charge in [-0.15, -0.1) is 0 Å². The Hall–Kier alpha value is -1.14. The van der Waals surface area contributed by atoms with Crippen LogP contribution in [0.4, 0.5) is 4.39 Å². The highest BCUT2D eigenvalue weighted by molar-refractivity contribution is 7.90. The topological polar surface area (TPSA) is 63.6 Å². The first-order chi connectivity index (χ1) is 8.33. The lowest BCUT2D eigenvalue weighted by molar-refractivity contribution is 0.166. The third-order valence-electron chi connectivity index (χ3n) is 2.55. The van der Waals surface area contributed by atoms with Crippen molar-refractivity contribution in [2.24, 2.45) is 0 Å². The van der Waals surface area contributed by atoms with Gasteiger partial charge in [0.25, 0.3) is 0 Å². The normalized spacial score (nSPS) is 13.3. The van der Waals surface area contributed by atoms with Crippen molar-refractivity contribution >= 4 is 9.84 Å². The summed E-state index contributed by atoms with van der Waals surface area (Å²) in [5.41, 5.74) is 0.418. The van der Waals surface area contributed by atoms with Gasteiger partial charge in [-0.3, -0.25) is 0 Å². The van der Waals surface area contributed by atoms with Crippen LogP contribution >= 0.6 is 0 Å². The Morgan fingerprint density at radius 1 is 1.44 bits per heavy atom. The van der Waals surface area contributed by atoms with Gasteiger partial charge in [0.1, 0.15) is 9.84 Å². The van der Waals surface area contributed by atoms with Crippen molar-refractivity contribution in [3.05, 3.63) is 29.6 Å². The molecule has 0 bridgehead atoms. The highest BCUT2D eigenvalue weighted by Gasteiger charge is 2.12. The molecule has 0 heterocycles. The Kier molecular flexibility index (Phi) is 5.10. The second-order valence-corrected chi connectivity index (χ2v) is 6.44. The van der Waals surface area contributed by atoms with E-state index in [1.807, 2.05) is 0 Å². The molecule has 0 radical (unpaired) electrons. The predicted molar refractivity (Wildman–Crippen MR) is 66.9 cm³/mol. The number of ether oxygens (including phenoxy) is 1. The number of hydrogen-bond donors (Lipinski definition) is 1. The van der Waals surface area contributed by atoms with Crippen molar-refractivity contribution in [2.75, 3.05) is 19.1 Å². The van der Waals surface area contributed by atoms with Gasteiger partial charge in [-0.05, 0) is 30.5 Å². The second-order valence-electron chi connectivity index (χ2n) is 4.18. The van der Waals surface area contributed by atoms with Crippen LogP contribution in [0.25, 0.3) is 0 Å². The first kappa shape index (κ1) is 14.9. The fourth-order valence-electron chi connectivity index (χ4n) is 1.60. The van der Waals surface area contributed by atoms with Crippen molar-refractivity contribution in [2.45, 2.75) is 18.9 Å². The molecule has 1 aromatic rings. The first-order valence-electron chi connectivity index (χ1n) is 5.52. The molecule has 1 atom stereocenters. The molecule has 0 saturated heterocycles. The zero-order valence-electron chi connectivity index (χ0n) is 10.4. The van der Waals surface area contributed by atoms with E-state index in [-0.39, 0.29) is 17.9 Å². The molecule has 1 N–H and O–H groups in total. The van der Waals surface area contributed by atoms with Gasteiger partial charge in [0.05, 0.1) is 13.2 Å². The summed E-state index contributed by atoms with van der Waals surface area (Å²) in [5, 5.41) is 9.80. The lowest BCUT2D eigenvalue weighted by atomic mass is 10.1. The number of benzene rings is 1. The van der Waals surface area contributed by atoms with Gasteiger partial charge in [-0.2, -0.15) is 0 Å². The number of aliphatic hydroxyl groups excluding tert-OH is 1. The maximum Gasteiger partial charge on any atom is 0.165 e. The minimum absolute atomic E-state index is 0.0166. The van der Waals surface area contributed by atoms with Gasteiger partial charge in [-0.1, -0.05) is 6.07 Å². The van der Waals surface area contributed by atoms with E-state index in [4.69, 9.17) is 4.74 Å². The smallest absolute Gasteiger partial charge is 0.165 e. The van der Waals surface area contributed by atoms with Crippen molar-refractivity contribution in [1.82, 2.24) is 0 Å². The Morgan fingerprint density at radius 3 is 2.61 bits per heavy atom. The summed E-state index contributed by atoms with van der Waals surface area (Å²) >= 11 is 0. The molecule has 4 nitrogen and oxygen atoms in total. The molecule has 0 aromatic heterocycles. The fraction of sp³-hybridized carbons (Fsp3) is 0.500. The molecule has 0 spiro atoms. The van der Waals surface area contributed by atoms with Crippen LogP contribution in [-0.4, -0.2) is 32.6 Å². The quantitative estimate of drug-likeness (QED) is 0.859. The Labute approximate surface area is 106 Å². The molecule has 0 aliphatic heterocycles. The third-order valence-corrected chi connectivity index (χ3v) is 3.58. The van der Waals surface area contributed by atoms with E-state index in [0.29, 0.717) is 12.0 Å². The minimum Gasteiger partial charge on any atom is -0.494 e. The Bertz CT molecular complexity index is 499. The van der Waals surface area contributed by atoms with Crippen LogP contribution < -0.4 is 4.74 Å². The standard InChI is InChI=1S/C12H17FO4S/c1-17-12-6-5-9(8-10(12)13)11(14)4-3-7-18(2,15)16/h5-6,8,11,14H,3-4,7H2,1-2H3. The van der Waals surface area contributed by atoms with Crippen LogP contribution in [0.2, 0.25) is 0 Å². The van der Waals surface area contributed by atoms with Gasteiger partial charge in [0.15, 0.2) is 11.6 Å². The molecule has 102 valence electrons. The van der Waals surface area contributed by atoms with Crippen LogP contribution in [0.1, 0.15) is 24.5 Å². The molecular formula is C12H17FO4S. The van der Waals surface area contributed by atoms with Gasteiger partial charge in [0, 0.05) is 12.0 Å². The van der Waals surface area contributed by atoms with E-state index in [0.717, 1.165) is 6.26 Å². The molecular weight excluding hydrogens is 259 g/mol. The van der Waals surface area contributed by atoms with Crippen molar-refractivity contribution < 1.29 is 22.7 Å². The van der Waals surface area contributed by atoms with Crippen LogP contribution in [-0.2, 0) is 9.84 Å². The third kappa shape index (κ3) is 4.62. The van der Waals surface area contributed by atoms with Crippen molar-refractivity contribution in [1.29, 1.82) is 0 Å². The van der Waals surface area contributed by atoms with Crippen LogP contribution in [0.15, 0.2) is 18.2 Å². The molecule has 1 unspecified atom stereocenters.